The number of sulfonamides is 1. The van der Waals surface area contributed by atoms with Crippen LogP contribution in [0.3, 0.4) is 0 Å². The van der Waals surface area contributed by atoms with Crippen LogP contribution in [-0.4, -0.2) is 38.5 Å². The molecule has 39 heavy (non-hydrogen) atoms. The van der Waals surface area contributed by atoms with Crippen molar-refractivity contribution in [3.05, 3.63) is 72.3 Å². The topological polar surface area (TPSA) is 146 Å². The lowest BCUT2D eigenvalue weighted by Crippen LogP contribution is -2.16. The van der Waals surface area contributed by atoms with Crippen molar-refractivity contribution in [3.63, 3.8) is 0 Å². The molecule has 1 amide bonds. The van der Waals surface area contributed by atoms with E-state index in [2.05, 4.69) is 20.0 Å². The van der Waals surface area contributed by atoms with Crippen molar-refractivity contribution in [2.75, 3.05) is 24.3 Å². The second kappa shape index (κ2) is 12.0. The number of anilines is 3. The highest BCUT2D eigenvalue weighted by atomic mass is 32.2. The van der Waals surface area contributed by atoms with Gasteiger partial charge in [-0.3, -0.25) is 9.52 Å². The van der Waals surface area contributed by atoms with Crippen molar-refractivity contribution in [1.82, 2.24) is 9.97 Å². The van der Waals surface area contributed by atoms with Crippen LogP contribution in [0.15, 0.2) is 71.6 Å². The van der Waals surface area contributed by atoms with Gasteiger partial charge in [0.2, 0.25) is 5.91 Å². The second-order valence-corrected chi connectivity index (χ2v) is 10.9. The largest absolute Gasteiger partial charge is 0.497 e. The van der Waals surface area contributed by atoms with Crippen molar-refractivity contribution < 1.29 is 22.7 Å². The van der Waals surface area contributed by atoms with Gasteiger partial charge >= 0.3 is 0 Å². The molecule has 0 fully saturated rings. The van der Waals surface area contributed by atoms with E-state index < -0.39 is 10.0 Å². The summed E-state index contributed by atoms with van der Waals surface area (Å²) in [6.07, 6.45) is 1.52. The maximum absolute atomic E-state index is 13.5. The Morgan fingerprint density at radius 2 is 1.56 bits per heavy atom. The van der Waals surface area contributed by atoms with E-state index in [1.165, 1.54) is 6.07 Å². The van der Waals surface area contributed by atoms with E-state index in [4.69, 9.17) is 15.2 Å². The van der Waals surface area contributed by atoms with Crippen molar-refractivity contribution in [2.45, 2.75) is 31.1 Å². The molecule has 204 valence electrons. The standard InChI is InChI=1S/C28H31N5O5S/c1-18(11-12-26(29)34)13-19-7-6-8-23(14-19)39(35,36)33-28-27(31-24-9-4-5-10-25(24)32-28)30-20-15-21(37-2)17-22(16-20)38-3/h4-10,14-18H,11-13H2,1-3H3,(H2,29,34)(H,30,31)(H,32,33). The Kier molecular flexibility index (Phi) is 8.50. The average molecular weight is 550 g/mol. The molecule has 0 bridgehead atoms. The molecule has 1 aromatic heterocycles. The van der Waals surface area contributed by atoms with Gasteiger partial charge in [0.05, 0.1) is 30.1 Å². The summed E-state index contributed by atoms with van der Waals surface area (Å²) in [5.41, 5.74) is 7.78. The SMILES string of the molecule is COc1cc(Nc2nc3ccccc3nc2NS(=O)(=O)c2cccc(CC(C)CCC(N)=O)c2)cc(OC)c1. The van der Waals surface area contributed by atoms with Crippen LogP contribution in [0.25, 0.3) is 11.0 Å². The van der Waals surface area contributed by atoms with Gasteiger partial charge in [0, 0.05) is 30.3 Å². The predicted octanol–water partition coefficient (Wildman–Crippen LogP) is 4.64. The molecule has 4 N–H and O–H groups in total. The van der Waals surface area contributed by atoms with E-state index in [9.17, 15) is 13.2 Å². The van der Waals surface area contributed by atoms with Gasteiger partial charge < -0.3 is 20.5 Å². The maximum atomic E-state index is 13.5. The minimum Gasteiger partial charge on any atom is -0.497 e. The molecule has 4 aromatic rings. The summed E-state index contributed by atoms with van der Waals surface area (Å²) in [5.74, 6) is 1.16. The van der Waals surface area contributed by atoms with Crippen LogP contribution < -0.4 is 25.2 Å². The van der Waals surface area contributed by atoms with E-state index in [0.29, 0.717) is 41.1 Å². The first-order valence-corrected chi connectivity index (χ1v) is 13.8. The minimum atomic E-state index is -4.02. The lowest BCUT2D eigenvalue weighted by atomic mass is 9.96. The van der Waals surface area contributed by atoms with Gasteiger partial charge in [-0.2, -0.15) is 0 Å². The number of benzene rings is 3. The number of hydrogen-bond acceptors (Lipinski definition) is 8. The van der Waals surface area contributed by atoms with Crippen molar-refractivity contribution in [1.29, 1.82) is 0 Å². The molecule has 1 unspecified atom stereocenters. The number of carbonyl (C=O) groups is 1. The molecule has 0 saturated heterocycles. The van der Waals surface area contributed by atoms with Gasteiger partial charge in [-0.1, -0.05) is 31.2 Å². The normalized spacial score (nSPS) is 12.1. The van der Waals surface area contributed by atoms with E-state index in [1.54, 1.807) is 62.8 Å². The van der Waals surface area contributed by atoms with Gasteiger partial charge in [-0.25, -0.2) is 18.4 Å². The molecule has 3 aromatic carbocycles. The molecule has 0 aliphatic carbocycles. The minimum absolute atomic E-state index is 0.0377. The van der Waals surface area contributed by atoms with E-state index in [-0.39, 0.29) is 34.8 Å². The van der Waals surface area contributed by atoms with Crippen LogP contribution in [0.1, 0.15) is 25.3 Å². The number of carbonyl (C=O) groups excluding carboxylic acids is 1. The first-order valence-electron chi connectivity index (χ1n) is 12.3. The zero-order valence-electron chi connectivity index (χ0n) is 22.0. The molecule has 0 aliphatic rings. The van der Waals surface area contributed by atoms with E-state index in [0.717, 1.165) is 5.56 Å². The molecular formula is C28H31N5O5S. The third kappa shape index (κ3) is 7.14. The van der Waals surface area contributed by atoms with Gasteiger partial charge in [-0.15, -0.1) is 0 Å². The number of nitrogens with two attached hydrogens (primary N) is 1. The molecule has 0 spiro atoms. The summed E-state index contributed by atoms with van der Waals surface area (Å²) in [6, 6.07) is 19.1. The molecule has 4 rings (SSSR count). The number of para-hydroxylation sites is 2. The predicted molar refractivity (Wildman–Crippen MR) is 151 cm³/mol. The van der Waals surface area contributed by atoms with Gasteiger partial charge in [-0.05, 0) is 48.6 Å². The van der Waals surface area contributed by atoms with Crippen LogP contribution in [0.4, 0.5) is 17.3 Å². The van der Waals surface area contributed by atoms with Crippen molar-refractivity contribution in [2.24, 2.45) is 11.7 Å². The fourth-order valence-electron chi connectivity index (χ4n) is 4.09. The maximum Gasteiger partial charge on any atom is 0.263 e. The fourth-order valence-corrected chi connectivity index (χ4v) is 5.17. The number of fused-ring (bicyclic) bond motifs is 1. The number of amides is 1. The van der Waals surface area contributed by atoms with E-state index in [1.807, 2.05) is 19.1 Å². The molecule has 11 heteroatoms. The Morgan fingerprint density at radius 1 is 0.923 bits per heavy atom. The highest BCUT2D eigenvalue weighted by molar-refractivity contribution is 7.92. The number of rotatable bonds is 12. The molecule has 1 heterocycles. The number of nitrogens with zero attached hydrogens (tertiary/aromatic N) is 2. The van der Waals surface area contributed by atoms with Crippen LogP contribution in [0.2, 0.25) is 0 Å². The van der Waals surface area contributed by atoms with E-state index >= 15 is 0 Å². The summed E-state index contributed by atoms with van der Waals surface area (Å²) in [4.78, 5) is 20.4. The number of methoxy groups -OCH3 is 2. The quantitative estimate of drug-likeness (QED) is 0.232. The monoisotopic (exact) mass is 549 g/mol. The van der Waals surface area contributed by atoms with Crippen LogP contribution in [-0.2, 0) is 21.2 Å². The smallest absolute Gasteiger partial charge is 0.263 e. The number of nitrogens with one attached hydrogen (secondary N) is 2. The first-order chi connectivity index (χ1) is 18.7. The highest BCUT2D eigenvalue weighted by Crippen LogP contribution is 2.31. The highest BCUT2D eigenvalue weighted by Gasteiger charge is 2.20. The van der Waals surface area contributed by atoms with Gasteiger partial charge in [0.1, 0.15) is 11.5 Å². The summed E-state index contributed by atoms with van der Waals surface area (Å²) in [5, 5.41) is 3.15. The first kappa shape index (κ1) is 27.6. The van der Waals surface area contributed by atoms with Gasteiger partial charge in [0.25, 0.3) is 10.0 Å². The summed E-state index contributed by atoms with van der Waals surface area (Å²) in [6.45, 7) is 2.00. The molecular weight excluding hydrogens is 518 g/mol. The van der Waals surface area contributed by atoms with Crippen molar-refractivity contribution >= 4 is 44.3 Å². The lowest BCUT2D eigenvalue weighted by molar-refractivity contribution is -0.118. The van der Waals surface area contributed by atoms with Crippen LogP contribution in [0.5, 0.6) is 11.5 Å². The molecule has 0 aliphatic heterocycles. The molecule has 0 radical (unpaired) electrons. The van der Waals surface area contributed by atoms with Gasteiger partial charge in [0.15, 0.2) is 11.6 Å². The zero-order chi connectivity index (χ0) is 28.0. The summed E-state index contributed by atoms with van der Waals surface area (Å²) >= 11 is 0. The lowest BCUT2D eigenvalue weighted by Gasteiger charge is -2.16. The Labute approximate surface area is 227 Å². The Bertz CT molecular complexity index is 1570. The van der Waals surface area contributed by atoms with Crippen LogP contribution in [0, 0.1) is 5.92 Å². The third-order valence-electron chi connectivity index (χ3n) is 6.09. The molecule has 1 atom stereocenters. The molecule has 10 nitrogen and oxygen atoms in total. The number of ether oxygens (including phenoxy) is 2. The number of hydrogen-bond donors (Lipinski definition) is 3. The zero-order valence-corrected chi connectivity index (χ0v) is 22.8. The number of aromatic nitrogens is 2. The average Bonchev–Trinajstić information content (AvgIpc) is 2.92. The summed E-state index contributed by atoms with van der Waals surface area (Å²) < 4.78 is 40.3. The second-order valence-electron chi connectivity index (χ2n) is 9.20. The summed E-state index contributed by atoms with van der Waals surface area (Å²) in [7, 11) is -0.938. The Hall–Kier alpha value is -4.38. The van der Waals surface area contributed by atoms with Crippen LogP contribution >= 0.6 is 0 Å². The van der Waals surface area contributed by atoms with Crippen molar-refractivity contribution in [3.8, 4) is 11.5 Å². The molecule has 0 saturated carbocycles. The third-order valence-corrected chi connectivity index (χ3v) is 7.43. The Balaban J connectivity index is 1.66. The fraction of sp³-hybridized carbons (Fsp3) is 0.250. The number of primary amides is 1. The Morgan fingerprint density at radius 3 is 2.18 bits per heavy atom.